The number of rotatable bonds is 5. The van der Waals surface area contributed by atoms with E-state index in [-0.39, 0.29) is 0 Å². The quantitative estimate of drug-likeness (QED) is 0.160. The third-order valence-electron chi connectivity index (χ3n) is 16.2. The first-order chi connectivity index (χ1) is 36.2. The second-order valence-corrected chi connectivity index (χ2v) is 19.8. The van der Waals surface area contributed by atoms with E-state index in [0.717, 1.165) is 50.1 Å². The van der Waals surface area contributed by atoms with Crippen LogP contribution in [-0.2, 0) is 5.41 Å². The summed E-state index contributed by atoms with van der Waals surface area (Å²) in [4.78, 5) is 2.52. The van der Waals surface area contributed by atoms with Crippen molar-refractivity contribution in [3.8, 4) is 44.5 Å². The summed E-state index contributed by atoms with van der Waals surface area (Å²) < 4.78 is 6.98. The third kappa shape index (κ3) is 5.63. The lowest BCUT2D eigenvalue weighted by Gasteiger charge is -2.33. The highest BCUT2D eigenvalue weighted by Gasteiger charge is 2.52. The molecule has 2 aliphatic carbocycles. The average Bonchev–Trinajstić information content (AvgIpc) is 4.10. The average molecular weight is 926 g/mol. The van der Waals surface area contributed by atoms with Gasteiger partial charge in [0.15, 0.2) is 0 Å². The molecule has 1 aromatic heterocycles. The minimum atomic E-state index is -0.554. The Morgan fingerprint density at radius 2 is 0.781 bits per heavy atom. The van der Waals surface area contributed by atoms with Crippen LogP contribution in [0, 0.1) is 0 Å². The molecule has 0 fully saturated rings. The highest BCUT2D eigenvalue weighted by atomic mass is 16.3. The van der Waals surface area contributed by atoms with Gasteiger partial charge in [-0.1, -0.05) is 212 Å². The number of fused-ring (bicyclic) bond motifs is 20. The van der Waals surface area contributed by atoms with Gasteiger partial charge in [-0.2, -0.15) is 0 Å². The van der Waals surface area contributed by atoms with E-state index in [0.29, 0.717) is 0 Å². The predicted octanol–water partition coefficient (Wildman–Crippen LogP) is 19.3. The molecule has 0 amide bonds. The van der Waals surface area contributed by atoms with Crippen molar-refractivity contribution in [3.05, 3.63) is 283 Å². The summed E-state index contributed by atoms with van der Waals surface area (Å²) in [6.45, 7) is 0. The maximum atomic E-state index is 6.98. The highest BCUT2D eigenvalue weighted by molar-refractivity contribution is 6.26. The Hall–Kier alpha value is -9.50. The standard InChI is InChI=1S/C71H43NO/c1-2-17-46-40-47(33-32-44(46)16-1)45-34-36-48(37-35-45)72(49-38-39-54-52-20-4-3-18-50(52)51-19-5-6-21-53(51)61(54)41-49)68-43-67-62(42-63(68)60-27-15-26-59-58-25-10-14-31-69(58)73-70(59)60)57-24-9-13-30-66(57)71(67)64-28-11-7-22-55(64)56-23-8-12-29-65(56)71/h1-43H. The van der Waals surface area contributed by atoms with Crippen LogP contribution in [-0.4, -0.2) is 0 Å². The fourth-order valence-electron chi connectivity index (χ4n) is 13.1. The third-order valence-corrected chi connectivity index (χ3v) is 16.2. The van der Waals surface area contributed by atoms with Crippen molar-refractivity contribution in [2.75, 3.05) is 4.90 Å². The van der Waals surface area contributed by atoms with Gasteiger partial charge in [-0.25, -0.2) is 0 Å². The molecular weight excluding hydrogens is 883 g/mol. The molecule has 2 nitrogen and oxygen atoms in total. The molecule has 0 aliphatic heterocycles. The number of benzene rings is 13. The second-order valence-electron chi connectivity index (χ2n) is 19.8. The lowest BCUT2D eigenvalue weighted by Crippen LogP contribution is -2.26. The van der Waals surface area contributed by atoms with E-state index in [2.05, 4.69) is 266 Å². The number of para-hydroxylation sites is 2. The first kappa shape index (κ1) is 40.3. The molecule has 2 heteroatoms. The van der Waals surface area contributed by atoms with Crippen molar-refractivity contribution in [2.24, 2.45) is 0 Å². The second kappa shape index (κ2) is 15.3. The smallest absolute Gasteiger partial charge is 0.143 e. The highest BCUT2D eigenvalue weighted by Crippen LogP contribution is 2.64. The molecule has 73 heavy (non-hydrogen) atoms. The Morgan fingerprint density at radius 3 is 1.47 bits per heavy atom. The van der Waals surface area contributed by atoms with E-state index in [4.69, 9.17) is 4.42 Å². The van der Waals surface area contributed by atoms with Gasteiger partial charge in [0.25, 0.3) is 0 Å². The molecule has 1 heterocycles. The predicted molar refractivity (Wildman–Crippen MR) is 306 cm³/mol. The molecule has 16 rings (SSSR count). The fraction of sp³-hybridized carbons (Fsp3) is 0.0141. The van der Waals surface area contributed by atoms with Gasteiger partial charge < -0.3 is 9.32 Å². The molecule has 0 radical (unpaired) electrons. The van der Waals surface area contributed by atoms with E-state index in [1.807, 2.05) is 0 Å². The molecule has 0 bridgehead atoms. The number of hydrogen-bond acceptors (Lipinski definition) is 2. The summed E-state index contributed by atoms with van der Waals surface area (Å²) in [7, 11) is 0. The first-order valence-corrected chi connectivity index (χ1v) is 25.3. The topological polar surface area (TPSA) is 16.4 Å². The zero-order valence-corrected chi connectivity index (χ0v) is 39.7. The molecule has 14 aromatic rings. The molecule has 0 atom stereocenters. The van der Waals surface area contributed by atoms with Gasteiger partial charge in [-0.05, 0) is 147 Å². The number of hydrogen-bond donors (Lipinski definition) is 0. The Labute approximate surface area is 422 Å². The Balaban J connectivity index is 1.03. The molecule has 13 aromatic carbocycles. The van der Waals surface area contributed by atoms with Crippen molar-refractivity contribution in [1.82, 2.24) is 0 Å². The Kier molecular flexibility index (Phi) is 8.41. The SMILES string of the molecule is c1ccc2c(c1)-c1ccccc1C21c2ccccc2-c2cc(-c3cccc4c3oc3ccccc34)c(N(c3ccc(-c4ccc5ccccc5c4)cc3)c3ccc4c5ccccc5c5ccccc5c4c3)cc21. The lowest BCUT2D eigenvalue weighted by molar-refractivity contribution is 0.670. The van der Waals surface area contributed by atoms with Crippen LogP contribution in [0.2, 0.25) is 0 Å². The molecular formula is C71H43NO. The molecule has 1 spiro atoms. The van der Waals surface area contributed by atoms with Gasteiger partial charge in [-0.15, -0.1) is 0 Å². The van der Waals surface area contributed by atoms with Crippen molar-refractivity contribution in [1.29, 1.82) is 0 Å². The Morgan fingerprint density at radius 1 is 0.274 bits per heavy atom. The lowest BCUT2D eigenvalue weighted by atomic mass is 9.70. The molecule has 0 unspecified atom stereocenters. The van der Waals surface area contributed by atoms with Gasteiger partial charge in [0.05, 0.1) is 11.1 Å². The molecule has 0 N–H and O–H groups in total. The summed E-state index contributed by atoms with van der Waals surface area (Å²) >= 11 is 0. The van der Waals surface area contributed by atoms with Gasteiger partial charge in [0.1, 0.15) is 11.2 Å². The molecule has 0 saturated carbocycles. The maximum Gasteiger partial charge on any atom is 0.143 e. The van der Waals surface area contributed by atoms with Crippen LogP contribution in [0.1, 0.15) is 22.3 Å². The van der Waals surface area contributed by atoms with E-state index < -0.39 is 5.41 Å². The van der Waals surface area contributed by atoms with Crippen molar-refractivity contribution in [3.63, 3.8) is 0 Å². The first-order valence-electron chi connectivity index (χ1n) is 25.3. The summed E-state index contributed by atoms with van der Waals surface area (Å²) in [6.07, 6.45) is 0. The van der Waals surface area contributed by atoms with Gasteiger partial charge >= 0.3 is 0 Å². The van der Waals surface area contributed by atoms with Crippen LogP contribution in [0.5, 0.6) is 0 Å². The summed E-state index contributed by atoms with van der Waals surface area (Å²) in [6, 6.07) is 96.9. The minimum absolute atomic E-state index is 0.554. The molecule has 0 saturated heterocycles. The zero-order chi connectivity index (χ0) is 47.8. The van der Waals surface area contributed by atoms with Crippen LogP contribution < -0.4 is 4.90 Å². The van der Waals surface area contributed by atoms with Crippen LogP contribution in [0.25, 0.3) is 110 Å². The summed E-state index contributed by atoms with van der Waals surface area (Å²) in [5, 5.41) is 12.1. The van der Waals surface area contributed by atoms with Crippen molar-refractivity contribution < 1.29 is 4.42 Å². The van der Waals surface area contributed by atoms with E-state index >= 15 is 0 Å². The van der Waals surface area contributed by atoms with Crippen LogP contribution in [0.15, 0.2) is 265 Å². The van der Waals surface area contributed by atoms with Gasteiger partial charge in [-0.3, -0.25) is 0 Å². The van der Waals surface area contributed by atoms with E-state index in [9.17, 15) is 0 Å². The minimum Gasteiger partial charge on any atom is -0.455 e. The zero-order valence-electron chi connectivity index (χ0n) is 39.7. The van der Waals surface area contributed by atoms with Crippen molar-refractivity contribution >= 4 is 82.1 Å². The molecule has 2 aliphatic rings. The number of nitrogens with zero attached hydrogens (tertiary/aromatic N) is 1. The van der Waals surface area contributed by atoms with Crippen LogP contribution in [0.4, 0.5) is 17.1 Å². The summed E-state index contributed by atoms with van der Waals surface area (Å²) in [5.74, 6) is 0. The van der Waals surface area contributed by atoms with Crippen molar-refractivity contribution in [2.45, 2.75) is 5.41 Å². The monoisotopic (exact) mass is 925 g/mol. The molecule has 338 valence electrons. The largest absolute Gasteiger partial charge is 0.455 e. The van der Waals surface area contributed by atoms with E-state index in [1.54, 1.807) is 0 Å². The van der Waals surface area contributed by atoms with Crippen LogP contribution >= 0.6 is 0 Å². The number of anilines is 3. The van der Waals surface area contributed by atoms with Crippen LogP contribution in [0.3, 0.4) is 0 Å². The Bertz CT molecular complexity index is 4550. The maximum absolute atomic E-state index is 6.98. The van der Waals surface area contributed by atoms with Gasteiger partial charge in [0, 0.05) is 33.3 Å². The van der Waals surface area contributed by atoms with E-state index in [1.165, 1.54) is 98.7 Å². The fourth-order valence-corrected chi connectivity index (χ4v) is 13.1. The number of furan rings is 1. The van der Waals surface area contributed by atoms with Gasteiger partial charge in [0.2, 0.25) is 0 Å². The normalized spacial score (nSPS) is 13.0. The summed E-state index contributed by atoms with van der Waals surface area (Å²) in [5.41, 5.74) is 19.2.